The molecule has 0 aliphatic carbocycles. The van der Waals surface area contributed by atoms with Gasteiger partial charge in [-0.15, -0.1) is 0 Å². The van der Waals surface area contributed by atoms with Crippen LogP contribution in [0.4, 0.5) is 0 Å². The van der Waals surface area contributed by atoms with E-state index in [-0.39, 0.29) is 23.5 Å². The molecule has 1 aromatic heterocycles. The summed E-state index contributed by atoms with van der Waals surface area (Å²) in [7, 11) is 0. The van der Waals surface area contributed by atoms with Gasteiger partial charge in [-0.05, 0) is 25.0 Å². The Morgan fingerprint density at radius 1 is 1.04 bits per heavy atom. The minimum Gasteiger partial charge on any atom is -0.422 e. The van der Waals surface area contributed by atoms with E-state index in [0.29, 0.717) is 43.8 Å². The van der Waals surface area contributed by atoms with Crippen molar-refractivity contribution in [3.63, 3.8) is 0 Å². The maximum Gasteiger partial charge on any atom is 0.349 e. The van der Waals surface area contributed by atoms with Gasteiger partial charge in [-0.3, -0.25) is 9.59 Å². The third-order valence-electron chi connectivity index (χ3n) is 4.96. The predicted octanol–water partition coefficient (Wildman–Crippen LogP) is 1.26. The van der Waals surface area contributed by atoms with E-state index in [0.717, 1.165) is 12.8 Å². The molecular weight excluding hydrogens is 336 g/mol. The van der Waals surface area contributed by atoms with E-state index in [1.165, 1.54) is 0 Å². The quantitative estimate of drug-likeness (QED) is 0.757. The van der Waals surface area contributed by atoms with Crippen LogP contribution in [0.2, 0.25) is 0 Å². The highest BCUT2D eigenvalue weighted by Gasteiger charge is 2.32. The molecule has 1 atom stereocenters. The summed E-state index contributed by atoms with van der Waals surface area (Å²) >= 11 is 0. The van der Waals surface area contributed by atoms with Crippen LogP contribution in [-0.2, 0) is 9.53 Å². The number of hydrogen-bond acceptors (Lipinski definition) is 5. The summed E-state index contributed by atoms with van der Waals surface area (Å²) < 4.78 is 10.7. The highest BCUT2D eigenvalue weighted by molar-refractivity contribution is 5.96. The van der Waals surface area contributed by atoms with Crippen LogP contribution in [0.1, 0.15) is 23.2 Å². The van der Waals surface area contributed by atoms with Gasteiger partial charge in [-0.2, -0.15) is 0 Å². The van der Waals surface area contributed by atoms with Gasteiger partial charge in [0.25, 0.3) is 11.8 Å². The fraction of sp³-hybridized carbons (Fsp3) is 0.421. The molecule has 136 valence electrons. The average Bonchev–Trinajstić information content (AvgIpc) is 3.21. The highest BCUT2D eigenvalue weighted by atomic mass is 16.5. The molecule has 2 aliphatic heterocycles. The number of piperazine rings is 1. The molecule has 4 rings (SSSR count). The molecule has 0 spiro atoms. The summed E-state index contributed by atoms with van der Waals surface area (Å²) in [4.78, 5) is 40.6. The van der Waals surface area contributed by atoms with Crippen LogP contribution in [-0.4, -0.2) is 60.5 Å². The predicted molar refractivity (Wildman–Crippen MR) is 93.9 cm³/mol. The summed E-state index contributed by atoms with van der Waals surface area (Å²) in [5.41, 5.74) is -0.143. The molecule has 2 fully saturated rings. The monoisotopic (exact) mass is 356 g/mol. The fourth-order valence-corrected chi connectivity index (χ4v) is 3.49. The molecule has 0 unspecified atom stereocenters. The van der Waals surface area contributed by atoms with Gasteiger partial charge >= 0.3 is 5.63 Å². The van der Waals surface area contributed by atoms with Crippen molar-refractivity contribution in [3.05, 3.63) is 46.3 Å². The Morgan fingerprint density at radius 2 is 1.77 bits per heavy atom. The van der Waals surface area contributed by atoms with E-state index in [2.05, 4.69) is 0 Å². The van der Waals surface area contributed by atoms with Crippen molar-refractivity contribution in [1.82, 2.24) is 9.80 Å². The standard InChI is InChI=1S/C19H20N2O5/c22-17(14-12-13-4-1-2-5-15(13)26-19(14)24)20-7-9-21(10-8-20)18(23)16-6-3-11-25-16/h1-2,4-5,12,16H,3,6-11H2/t16-/m1/s1. The molecule has 0 bridgehead atoms. The largest absolute Gasteiger partial charge is 0.422 e. The van der Waals surface area contributed by atoms with Crippen molar-refractivity contribution in [2.45, 2.75) is 18.9 Å². The topological polar surface area (TPSA) is 80.1 Å². The van der Waals surface area contributed by atoms with Gasteiger partial charge < -0.3 is 19.0 Å². The zero-order valence-electron chi connectivity index (χ0n) is 14.3. The fourth-order valence-electron chi connectivity index (χ4n) is 3.49. The van der Waals surface area contributed by atoms with Crippen molar-refractivity contribution in [3.8, 4) is 0 Å². The molecule has 3 heterocycles. The summed E-state index contributed by atoms with van der Waals surface area (Å²) in [6.07, 6.45) is 1.33. The lowest BCUT2D eigenvalue weighted by Crippen LogP contribution is -2.53. The maximum atomic E-state index is 12.7. The number of fused-ring (bicyclic) bond motifs is 1. The van der Waals surface area contributed by atoms with Crippen molar-refractivity contribution in [2.24, 2.45) is 0 Å². The number of hydrogen-bond donors (Lipinski definition) is 0. The van der Waals surface area contributed by atoms with E-state index in [1.807, 2.05) is 6.07 Å². The molecule has 2 aromatic rings. The number of para-hydroxylation sites is 1. The second-order valence-corrected chi connectivity index (χ2v) is 6.60. The number of carbonyl (C=O) groups is 2. The Morgan fingerprint density at radius 3 is 2.50 bits per heavy atom. The van der Waals surface area contributed by atoms with Crippen LogP contribution in [0.3, 0.4) is 0 Å². The SMILES string of the molecule is O=C(c1cc2ccccc2oc1=O)N1CCN(C(=O)[C@H]2CCCO2)CC1. The molecule has 0 saturated carbocycles. The highest BCUT2D eigenvalue weighted by Crippen LogP contribution is 2.17. The van der Waals surface area contributed by atoms with Gasteiger partial charge in [0, 0.05) is 38.2 Å². The second kappa shape index (κ2) is 6.92. The Hall–Kier alpha value is -2.67. The van der Waals surface area contributed by atoms with Gasteiger partial charge in [-0.25, -0.2) is 4.79 Å². The second-order valence-electron chi connectivity index (χ2n) is 6.60. The summed E-state index contributed by atoms with van der Waals surface area (Å²) in [6.45, 7) is 2.31. The molecule has 2 amide bonds. The molecule has 7 nitrogen and oxygen atoms in total. The van der Waals surface area contributed by atoms with E-state index in [9.17, 15) is 14.4 Å². The van der Waals surface area contributed by atoms with Crippen LogP contribution in [0.5, 0.6) is 0 Å². The number of carbonyl (C=O) groups excluding carboxylic acids is 2. The van der Waals surface area contributed by atoms with E-state index in [1.54, 1.807) is 34.1 Å². The van der Waals surface area contributed by atoms with Gasteiger partial charge in [0.2, 0.25) is 0 Å². The van der Waals surface area contributed by atoms with Crippen LogP contribution < -0.4 is 5.63 Å². The van der Waals surface area contributed by atoms with Gasteiger partial charge in [0.1, 0.15) is 17.3 Å². The molecule has 0 N–H and O–H groups in total. The lowest BCUT2D eigenvalue weighted by atomic mass is 10.1. The third kappa shape index (κ3) is 3.10. The first-order valence-corrected chi connectivity index (χ1v) is 8.86. The first-order chi connectivity index (χ1) is 12.6. The minimum absolute atomic E-state index is 0.000169. The molecule has 7 heteroatoms. The van der Waals surface area contributed by atoms with Gasteiger partial charge in [-0.1, -0.05) is 18.2 Å². The minimum atomic E-state index is -0.633. The number of ether oxygens (including phenoxy) is 1. The van der Waals surface area contributed by atoms with E-state index >= 15 is 0 Å². The van der Waals surface area contributed by atoms with E-state index < -0.39 is 5.63 Å². The van der Waals surface area contributed by atoms with Gasteiger partial charge in [0.05, 0.1) is 0 Å². The van der Waals surface area contributed by atoms with Crippen LogP contribution in [0.25, 0.3) is 11.0 Å². The third-order valence-corrected chi connectivity index (χ3v) is 4.96. The Balaban J connectivity index is 1.46. The van der Waals surface area contributed by atoms with Crippen molar-refractivity contribution in [2.75, 3.05) is 32.8 Å². The number of nitrogens with zero attached hydrogens (tertiary/aromatic N) is 2. The Kier molecular flexibility index (Phi) is 4.46. The number of benzene rings is 1. The summed E-state index contributed by atoms with van der Waals surface area (Å²) in [5, 5.41) is 0.711. The van der Waals surface area contributed by atoms with Crippen LogP contribution in [0.15, 0.2) is 39.5 Å². The normalized spacial score (nSPS) is 20.5. The summed E-state index contributed by atoms with van der Waals surface area (Å²) in [6, 6.07) is 8.67. The van der Waals surface area contributed by atoms with Crippen LogP contribution >= 0.6 is 0 Å². The molecule has 0 radical (unpaired) electrons. The zero-order valence-corrected chi connectivity index (χ0v) is 14.3. The smallest absolute Gasteiger partial charge is 0.349 e. The average molecular weight is 356 g/mol. The molecule has 26 heavy (non-hydrogen) atoms. The van der Waals surface area contributed by atoms with E-state index in [4.69, 9.17) is 9.15 Å². The molecule has 2 saturated heterocycles. The van der Waals surface area contributed by atoms with Crippen LogP contribution in [0, 0.1) is 0 Å². The van der Waals surface area contributed by atoms with Gasteiger partial charge in [0.15, 0.2) is 0 Å². The van der Waals surface area contributed by atoms with Crippen molar-refractivity contribution in [1.29, 1.82) is 0 Å². The van der Waals surface area contributed by atoms with Crippen molar-refractivity contribution < 1.29 is 18.7 Å². The molecular formula is C19H20N2O5. The van der Waals surface area contributed by atoms with Crippen molar-refractivity contribution >= 4 is 22.8 Å². The Bertz CT molecular complexity index is 892. The maximum absolute atomic E-state index is 12.7. The number of amides is 2. The zero-order chi connectivity index (χ0) is 18.1. The molecule has 2 aliphatic rings. The Labute approximate surface area is 150 Å². The lowest BCUT2D eigenvalue weighted by molar-refractivity contribution is -0.142. The molecule has 1 aromatic carbocycles. The summed E-state index contributed by atoms with van der Waals surface area (Å²) in [5.74, 6) is -0.353. The first kappa shape index (κ1) is 16.8. The lowest BCUT2D eigenvalue weighted by Gasteiger charge is -2.35. The number of rotatable bonds is 2. The first-order valence-electron chi connectivity index (χ1n) is 8.86.